The molecule has 1 unspecified atom stereocenters. The Balaban J connectivity index is 2.54. The molecular formula is C5H10O4. The van der Waals surface area contributed by atoms with Crippen molar-refractivity contribution < 1.29 is 20.1 Å². The van der Waals surface area contributed by atoms with Crippen molar-refractivity contribution in [3.63, 3.8) is 0 Å². The minimum absolute atomic E-state index is 0.477. The first-order valence-electron chi connectivity index (χ1n) is 2.82. The Kier molecular flexibility index (Phi) is 1.72. The van der Waals surface area contributed by atoms with Gasteiger partial charge in [0.15, 0.2) is 6.29 Å². The normalized spacial score (nSPS) is 52.0. The van der Waals surface area contributed by atoms with Crippen molar-refractivity contribution in [1.29, 1.82) is 0 Å². The maximum Gasteiger partial charge on any atom is 0.183 e. The Morgan fingerprint density at radius 3 is 1.78 bits per heavy atom. The lowest BCUT2D eigenvalue weighted by atomic mass is 10.2. The first kappa shape index (κ1) is 6.95. The maximum absolute atomic E-state index is 8.90. The largest absolute Gasteiger partial charge is 0.388 e. The summed E-state index contributed by atoms with van der Waals surface area (Å²) in [5, 5.41) is 26.4. The zero-order valence-electron chi connectivity index (χ0n) is 5.06. The van der Waals surface area contributed by atoms with E-state index in [0.29, 0.717) is 0 Å². The highest BCUT2D eigenvalue weighted by atomic mass is 16.6. The molecule has 1 heterocycles. The molecule has 1 fully saturated rings. The summed E-state index contributed by atoms with van der Waals surface area (Å²) in [4.78, 5) is 0. The average Bonchev–Trinajstić information content (AvgIpc) is 1.98. The molecule has 0 aromatic heterocycles. The fourth-order valence-corrected chi connectivity index (χ4v) is 0.827. The summed E-state index contributed by atoms with van der Waals surface area (Å²) in [6, 6.07) is 0. The fourth-order valence-electron chi connectivity index (χ4n) is 0.827. The van der Waals surface area contributed by atoms with Gasteiger partial charge in [-0.3, -0.25) is 0 Å². The van der Waals surface area contributed by atoms with E-state index >= 15 is 0 Å². The fraction of sp³-hybridized carbons (Fsp3) is 1.00. The van der Waals surface area contributed by atoms with Crippen LogP contribution in [0.5, 0.6) is 0 Å². The highest BCUT2D eigenvalue weighted by Gasteiger charge is 2.38. The van der Waals surface area contributed by atoms with Gasteiger partial charge in [0.2, 0.25) is 0 Å². The van der Waals surface area contributed by atoms with Crippen molar-refractivity contribution in [3.05, 3.63) is 0 Å². The average molecular weight is 134 g/mol. The molecule has 54 valence electrons. The van der Waals surface area contributed by atoms with Crippen molar-refractivity contribution >= 4 is 0 Å². The van der Waals surface area contributed by atoms with Gasteiger partial charge in [0.05, 0.1) is 6.10 Å². The standard InChI is InChI=1S/C5H10O4/c1-2-3(6)4(7)5(8)9-2/h2-8H,1H3/t2-,3-,4+,5?/m0/s1. The summed E-state index contributed by atoms with van der Waals surface area (Å²) in [5.41, 5.74) is 0. The minimum Gasteiger partial charge on any atom is -0.388 e. The molecule has 0 aromatic rings. The van der Waals surface area contributed by atoms with Crippen LogP contribution in [0.3, 0.4) is 0 Å². The second kappa shape index (κ2) is 2.22. The summed E-state index contributed by atoms with van der Waals surface area (Å²) in [6.45, 7) is 1.59. The van der Waals surface area contributed by atoms with E-state index in [4.69, 9.17) is 15.3 Å². The second-order valence-electron chi connectivity index (χ2n) is 2.21. The van der Waals surface area contributed by atoms with Crippen LogP contribution in [0.1, 0.15) is 6.92 Å². The van der Waals surface area contributed by atoms with Crippen LogP contribution in [0.15, 0.2) is 0 Å². The molecule has 1 saturated heterocycles. The van der Waals surface area contributed by atoms with Gasteiger partial charge in [-0.1, -0.05) is 0 Å². The third-order valence-corrected chi connectivity index (χ3v) is 1.48. The third kappa shape index (κ3) is 1.07. The Morgan fingerprint density at radius 2 is 1.67 bits per heavy atom. The van der Waals surface area contributed by atoms with Gasteiger partial charge in [0.25, 0.3) is 0 Å². The molecule has 0 aliphatic carbocycles. The first-order chi connectivity index (χ1) is 4.13. The van der Waals surface area contributed by atoms with Crippen molar-refractivity contribution in [3.8, 4) is 0 Å². The molecule has 4 atom stereocenters. The van der Waals surface area contributed by atoms with Crippen molar-refractivity contribution in [2.24, 2.45) is 0 Å². The topological polar surface area (TPSA) is 69.9 Å². The van der Waals surface area contributed by atoms with Crippen LogP contribution in [0, 0.1) is 0 Å². The summed E-state index contributed by atoms with van der Waals surface area (Å²) >= 11 is 0. The van der Waals surface area contributed by atoms with Crippen LogP contribution < -0.4 is 0 Å². The summed E-state index contributed by atoms with van der Waals surface area (Å²) in [5.74, 6) is 0. The molecule has 0 aromatic carbocycles. The predicted molar refractivity (Wildman–Crippen MR) is 28.6 cm³/mol. The Labute approximate surface area is 52.7 Å². The molecule has 0 radical (unpaired) electrons. The Bertz CT molecular complexity index is 93.1. The van der Waals surface area contributed by atoms with Gasteiger partial charge in [0, 0.05) is 0 Å². The van der Waals surface area contributed by atoms with Crippen LogP contribution in [0.4, 0.5) is 0 Å². The van der Waals surface area contributed by atoms with Crippen LogP contribution in [0.2, 0.25) is 0 Å². The van der Waals surface area contributed by atoms with Gasteiger partial charge in [-0.05, 0) is 6.92 Å². The van der Waals surface area contributed by atoms with Gasteiger partial charge in [-0.25, -0.2) is 0 Å². The predicted octanol–water partition coefficient (Wildman–Crippen LogP) is -1.55. The lowest BCUT2D eigenvalue weighted by Gasteiger charge is -2.07. The zero-order chi connectivity index (χ0) is 7.02. The zero-order valence-corrected chi connectivity index (χ0v) is 5.06. The lowest BCUT2D eigenvalue weighted by molar-refractivity contribution is -0.124. The highest BCUT2D eigenvalue weighted by Crippen LogP contribution is 2.18. The van der Waals surface area contributed by atoms with Crippen LogP contribution in [-0.4, -0.2) is 39.9 Å². The van der Waals surface area contributed by atoms with Gasteiger partial charge in [0.1, 0.15) is 12.2 Å². The molecule has 9 heavy (non-hydrogen) atoms. The van der Waals surface area contributed by atoms with E-state index < -0.39 is 24.6 Å². The number of aliphatic hydroxyl groups excluding tert-OH is 3. The molecule has 0 bridgehead atoms. The van der Waals surface area contributed by atoms with Gasteiger partial charge in [-0.2, -0.15) is 0 Å². The van der Waals surface area contributed by atoms with Crippen LogP contribution in [0.25, 0.3) is 0 Å². The van der Waals surface area contributed by atoms with Gasteiger partial charge in [-0.15, -0.1) is 0 Å². The third-order valence-electron chi connectivity index (χ3n) is 1.48. The van der Waals surface area contributed by atoms with Crippen LogP contribution in [-0.2, 0) is 4.74 Å². The van der Waals surface area contributed by atoms with Crippen molar-refractivity contribution in [2.45, 2.75) is 31.5 Å². The quantitative estimate of drug-likeness (QED) is 0.375. The molecule has 4 heteroatoms. The molecular weight excluding hydrogens is 124 g/mol. The number of rotatable bonds is 0. The monoisotopic (exact) mass is 134 g/mol. The van der Waals surface area contributed by atoms with E-state index in [2.05, 4.69) is 4.74 Å². The van der Waals surface area contributed by atoms with E-state index in [-0.39, 0.29) is 0 Å². The first-order valence-corrected chi connectivity index (χ1v) is 2.82. The van der Waals surface area contributed by atoms with Crippen molar-refractivity contribution in [2.75, 3.05) is 0 Å². The number of ether oxygens (including phenoxy) is 1. The highest BCUT2D eigenvalue weighted by molar-refractivity contribution is 4.82. The van der Waals surface area contributed by atoms with Gasteiger partial charge >= 0.3 is 0 Å². The summed E-state index contributed by atoms with van der Waals surface area (Å²) in [7, 11) is 0. The molecule has 0 amide bonds. The second-order valence-corrected chi connectivity index (χ2v) is 2.21. The molecule has 1 aliphatic rings. The van der Waals surface area contributed by atoms with E-state index in [1.165, 1.54) is 0 Å². The smallest absolute Gasteiger partial charge is 0.183 e. The van der Waals surface area contributed by atoms with E-state index in [1.807, 2.05) is 0 Å². The van der Waals surface area contributed by atoms with Crippen molar-refractivity contribution in [1.82, 2.24) is 0 Å². The van der Waals surface area contributed by atoms with Crippen LogP contribution >= 0.6 is 0 Å². The van der Waals surface area contributed by atoms with E-state index in [0.717, 1.165) is 0 Å². The van der Waals surface area contributed by atoms with E-state index in [1.54, 1.807) is 6.92 Å². The number of hydrogen-bond donors (Lipinski definition) is 3. The minimum atomic E-state index is -1.23. The summed E-state index contributed by atoms with van der Waals surface area (Å²) < 4.78 is 4.64. The molecule has 3 N–H and O–H groups in total. The molecule has 0 spiro atoms. The maximum atomic E-state index is 8.90. The number of hydrogen-bond acceptors (Lipinski definition) is 4. The summed E-state index contributed by atoms with van der Waals surface area (Å²) in [6.07, 6.45) is -3.81. The van der Waals surface area contributed by atoms with E-state index in [9.17, 15) is 0 Å². The number of aliphatic hydroxyl groups is 3. The lowest BCUT2D eigenvalue weighted by Crippen LogP contribution is -2.31. The van der Waals surface area contributed by atoms with Gasteiger partial charge < -0.3 is 20.1 Å². The Hall–Kier alpha value is -0.160. The molecule has 1 aliphatic heterocycles. The molecule has 1 rings (SSSR count). The SMILES string of the molecule is C[C@@H]1OC(O)[C@H](O)[C@H]1O. The molecule has 0 saturated carbocycles. The Morgan fingerprint density at radius 1 is 1.11 bits per heavy atom. The molecule has 4 nitrogen and oxygen atoms in total.